The first-order chi connectivity index (χ1) is 5.84. The van der Waals surface area contributed by atoms with Crippen molar-refractivity contribution >= 4 is 0 Å². The Balaban J connectivity index is 2.65. The van der Waals surface area contributed by atoms with E-state index in [1.165, 1.54) is 0 Å². The van der Waals surface area contributed by atoms with Gasteiger partial charge in [-0.25, -0.2) is 0 Å². The van der Waals surface area contributed by atoms with E-state index < -0.39 is 6.10 Å². The molecule has 0 saturated carbocycles. The fourth-order valence-corrected chi connectivity index (χ4v) is 0.797. The zero-order valence-corrected chi connectivity index (χ0v) is 6.38. The van der Waals surface area contributed by atoms with Crippen LogP contribution in [0.25, 0.3) is 0 Å². The van der Waals surface area contributed by atoms with Gasteiger partial charge in [0.25, 0.3) is 0 Å². The first-order valence-corrected chi connectivity index (χ1v) is 3.46. The molecule has 1 unspecified atom stereocenters. The maximum atomic E-state index is 9.37. The molecule has 0 saturated heterocycles. The second-order valence-electron chi connectivity index (χ2n) is 2.23. The number of aliphatic hydroxyl groups excluding tert-OH is 1. The lowest BCUT2D eigenvalue weighted by molar-refractivity contribution is 0.184. The van der Waals surface area contributed by atoms with Gasteiger partial charge in [0.05, 0.1) is 0 Å². The average Bonchev–Trinajstić information content (AvgIpc) is 2.15. The minimum atomic E-state index is -0.715. The Hall–Kier alpha value is -1.58. The molecule has 0 bridgehead atoms. The standard InChI is InChI=1S/C7H9N4O/c8-11-10-5-7(12)6-2-1-3-9-4-6/h1-4,7-8,12H,5H2/q+1. The molecule has 0 aliphatic rings. The Bertz CT molecular complexity index is 281. The highest BCUT2D eigenvalue weighted by molar-refractivity contribution is 5.11. The minimum Gasteiger partial charge on any atom is -0.386 e. The molecule has 62 valence electrons. The van der Waals surface area contributed by atoms with Crippen molar-refractivity contribution in [1.29, 1.82) is 5.53 Å². The molecule has 0 aliphatic heterocycles. The predicted molar refractivity (Wildman–Crippen MR) is 41.3 cm³/mol. The largest absolute Gasteiger partial charge is 0.386 e. The molecule has 0 aliphatic carbocycles. The first kappa shape index (κ1) is 8.52. The van der Waals surface area contributed by atoms with Crippen molar-refractivity contribution < 1.29 is 5.11 Å². The van der Waals surface area contributed by atoms with Gasteiger partial charge < -0.3 is 5.11 Å². The summed E-state index contributed by atoms with van der Waals surface area (Å²) in [6, 6.07) is 3.48. The normalized spacial score (nSPS) is 11.8. The maximum Gasteiger partial charge on any atom is 0.214 e. The Morgan fingerprint density at radius 3 is 3.17 bits per heavy atom. The fraction of sp³-hybridized carbons (Fsp3) is 0.286. The Morgan fingerprint density at radius 2 is 2.58 bits per heavy atom. The Labute approximate surface area is 69.3 Å². The van der Waals surface area contributed by atoms with Gasteiger partial charge in [-0.1, -0.05) is 6.07 Å². The molecule has 2 N–H and O–H groups in total. The lowest BCUT2D eigenvalue weighted by atomic mass is 10.2. The number of rotatable bonds is 3. The maximum absolute atomic E-state index is 9.37. The average molecular weight is 165 g/mol. The zero-order valence-electron chi connectivity index (χ0n) is 6.38. The molecule has 1 atom stereocenters. The van der Waals surface area contributed by atoms with E-state index in [0.29, 0.717) is 5.56 Å². The third kappa shape index (κ3) is 2.23. The molecule has 0 fully saturated rings. The molecule has 0 radical (unpaired) electrons. The van der Waals surface area contributed by atoms with Gasteiger partial charge in [0.2, 0.25) is 4.91 Å². The Morgan fingerprint density at radius 1 is 1.75 bits per heavy atom. The van der Waals surface area contributed by atoms with E-state index in [9.17, 15) is 5.11 Å². The summed E-state index contributed by atoms with van der Waals surface area (Å²) >= 11 is 0. The molecule has 0 aromatic carbocycles. The summed E-state index contributed by atoms with van der Waals surface area (Å²) in [5.74, 6) is 0. The van der Waals surface area contributed by atoms with E-state index in [-0.39, 0.29) is 6.54 Å². The van der Waals surface area contributed by atoms with E-state index in [4.69, 9.17) is 5.53 Å². The molecule has 12 heavy (non-hydrogen) atoms. The first-order valence-electron chi connectivity index (χ1n) is 3.46. The van der Waals surface area contributed by atoms with Crippen LogP contribution in [0.3, 0.4) is 0 Å². The lowest BCUT2D eigenvalue weighted by Crippen LogP contribution is -2.01. The van der Waals surface area contributed by atoms with Crippen molar-refractivity contribution in [1.82, 2.24) is 9.90 Å². The monoisotopic (exact) mass is 165 g/mol. The van der Waals surface area contributed by atoms with Crippen LogP contribution in [0.4, 0.5) is 0 Å². The van der Waals surface area contributed by atoms with Gasteiger partial charge in [0.1, 0.15) is 16.7 Å². The number of pyridine rings is 1. The topological polar surface area (TPSA) is 83.4 Å². The van der Waals surface area contributed by atoms with Crippen molar-refractivity contribution in [2.75, 3.05) is 6.54 Å². The number of nitrogens with zero attached hydrogens (tertiary/aromatic N) is 3. The van der Waals surface area contributed by atoms with Crippen LogP contribution in [0.15, 0.2) is 29.6 Å². The van der Waals surface area contributed by atoms with E-state index in [2.05, 4.69) is 15.0 Å². The lowest BCUT2D eigenvalue weighted by Gasteiger charge is -2.02. The van der Waals surface area contributed by atoms with Crippen LogP contribution in [0.5, 0.6) is 0 Å². The molecule has 1 aromatic heterocycles. The highest BCUT2D eigenvalue weighted by atomic mass is 16.3. The Kier molecular flexibility index (Phi) is 3.07. The van der Waals surface area contributed by atoms with Gasteiger partial charge in [-0.2, -0.15) is 0 Å². The molecular weight excluding hydrogens is 156 g/mol. The van der Waals surface area contributed by atoms with Gasteiger partial charge in [-0.05, 0) is 6.07 Å². The van der Waals surface area contributed by atoms with Crippen LogP contribution < -0.4 is 4.91 Å². The molecule has 1 heterocycles. The summed E-state index contributed by atoms with van der Waals surface area (Å²) in [6.45, 7) is 0.106. The van der Waals surface area contributed by atoms with Crippen molar-refractivity contribution in [3.63, 3.8) is 0 Å². The van der Waals surface area contributed by atoms with Gasteiger partial charge in [-0.3, -0.25) is 4.98 Å². The summed E-state index contributed by atoms with van der Waals surface area (Å²) in [6.07, 6.45) is 2.47. The highest BCUT2D eigenvalue weighted by Gasteiger charge is 2.08. The molecule has 5 nitrogen and oxygen atoms in total. The molecule has 0 spiro atoms. The van der Waals surface area contributed by atoms with Crippen LogP contribution >= 0.6 is 0 Å². The fourth-order valence-electron chi connectivity index (χ4n) is 0.797. The van der Waals surface area contributed by atoms with Crippen LogP contribution in [-0.4, -0.2) is 16.6 Å². The van der Waals surface area contributed by atoms with E-state index in [1.807, 2.05) is 0 Å². The van der Waals surface area contributed by atoms with E-state index >= 15 is 0 Å². The summed E-state index contributed by atoms with van der Waals surface area (Å²) in [5, 5.41) is 12.7. The number of aromatic nitrogens is 1. The summed E-state index contributed by atoms with van der Waals surface area (Å²) < 4.78 is 0. The summed E-state index contributed by atoms with van der Waals surface area (Å²) in [5.41, 5.74) is 7.08. The van der Waals surface area contributed by atoms with Crippen LogP contribution in [0.1, 0.15) is 11.7 Å². The van der Waals surface area contributed by atoms with Gasteiger partial charge in [0.15, 0.2) is 6.54 Å². The van der Waals surface area contributed by atoms with E-state index in [0.717, 1.165) is 0 Å². The summed E-state index contributed by atoms with van der Waals surface area (Å²) in [7, 11) is 0. The van der Waals surface area contributed by atoms with Crippen LogP contribution in [0.2, 0.25) is 0 Å². The van der Waals surface area contributed by atoms with Crippen molar-refractivity contribution in [3.05, 3.63) is 30.1 Å². The van der Waals surface area contributed by atoms with Gasteiger partial charge >= 0.3 is 0 Å². The summed E-state index contributed by atoms with van der Waals surface area (Å²) in [4.78, 5) is 6.63. The third-order valence-electron chi connectivity index (χ3n) is 1.39. The molecular formula is C7H9N4O+. The quantitative estimate of drug-likeness (QED) is 0.509. The SMILES string of the molecule is N=[N+]=NCC(O)c1cccnc1. The van der Waals surface area contributed by atoms with Crippen LogP contribution in [-0.2, 0) is 0 Å². The van der Waals surface area contributed by atoms with Crippen molar-refractivity contribution in [3.8, 4) is 0 Å². The third-order valence-corrected chi connectivity index (χ3v) is 1.39. The second-order valence-corrected chi connectivity index (χ2v) is 2.23. The highest BCUT2D eigenvalue weighted by Crippen LogP contribution is 2.09. The molecule has 1 aromatic rings. The number of aliphatic hydroxyl groups is 1. The predicted octanol–water partition coefficient (Wildman–Crippen LogP) is 0.665. The molecule has 5 heteroatoms. The smallest absolute Gasteiger partial charge is 0.214 e. The van der Waals surface area contributed by atoms with E-state index in [1.54, 1.807) is 24.5 Å². The number of hydrogen-bond donors (Lipinski definition) is 2. The minimum absolute atomic E-state index is 0.106. The van der Waals surface area contributed by atoms with Crippen molar-refractivity contribution in [2.24, 2.45) is 5.11 Å². The number of nitrogens with one attached hydrogen (secondary N) is 1. The zero-order chi connectivity index (χ0) is 8.81. The molecule has 0 amide bonds. The second kappa shape index (κ2) is 4.33. The van der Waals surface area contributed by atoms with Gasteiger partial charge in [0, 0.05) is 18.0 Å². The molecule has 1 rings (SSSR count). The van der Waals surface area contributed by atoms with Gasteiger partial charge in [-0.15, -0.1) is 0 Å². The van der Waals surface area contributed by atoms with Crippen LogP contribution in [0, 0.1) is 5.53 Å². The van der Waals surface area contributed by atoms with Crippen molar-refractivity contribution in [2.45, 2.75) is 6.10 Å². The number of hydrogen-bond acceptors (Lipinski definition) is 4.